The Kier molecular flexibility index (Phi) is 3.33. The van der Waals surface area contributed by atoms with Crippen molar-refractivity contribution in [2.45, 2.75) is 30.8 Å². The van der Waals surface area contributed by atoms with Crippen LogP contribution in [0.15, 0.2) is 21.9 Å². The molecule has 3 unspecified atom stereocenters. The fourth-order valence-corrected chi connectivity index (χ4v) is 2.33. The molecule has 1 aliphatic rings. The lowest BCUT2D eigenvalue weighted by Gasteiger charge is -2.25. The van der Waals surface area contributed by atoms with Crippen LogP contribution in [0, 0.1) is 0 Å². The fraction of sp³-hybridized carbons (Fsp3) is 0.636. The highest BCUT2D eigenvalue weighted by atomic mass is 19.1. The molecule has 0 aliphatic carbocycles. The van der Waals surface area contributed by atoms with Crippen LogP contribution < -0.4 is 11.2 Å². The van der Waals surface area contributed by atoms with Crippen LogP contribution in [0.2, 0.25) is 0 Å². The van der Waals surface area contributed by atoms with Gasteiger partial charge in [-0.15, -0.1) is 0 Å². The summed E-state index contributed by atoms with van der Waals surface area (Å²) in [6.45, 7) is -0.231. The van der Waals surface area contributed by atoms with Crippen LogP contribution in [-0.4, -0.2) is 44.2 Å². The normalized spacial score (nSPS) is 34.6. The molecular formula is C11H15FN2O5. The summed E-state index contributed by atoms with van der Waals surface area (Å²) < 4.78 is 19.3. The van der Waals surface area contributed by atoms with Crippen LogP contribution in [0.3, 0.4) is 0 Å². The maximum absolute atomic E-state index is 13.0. The largest absolute Gasteiger partial charge is 0.393 e. The second-order valence-corrected chi connectivity index (χ2v) is 5.00. The minimum Gasteiger partial charge on any atom is -0.393 e. The van der Waals surface area contributed by atoms with Gasteiger partial charge in [0.15, 0.2) is 6.23 Å². The highest BCUT2D eigenvalue weighted by Gasteiger charge is 2.54. The topological polar surface area (TPSA) is 105 Å². The summed E-state index contributed by atoms with van der Waals surface area (Å²) in [6.07, 6.45) is -0.186. The number of ether oxygens (including phenoxy) is 1. The minimum absolute atomic E-state index is 0.163. The molecule has 3 N–H and O–H groups in total. The van der Waals surface area contributed by atoms with E-state index >= 15 is 0 Å². The van der Waals surface area contributed by atoms with E-state index in [-0.39, 0.29) is 6.42 Å². The third kappa shape index (κ3) is 2.34. The number of hydrogen-bond donors (Lipinski definition) is 3. The third-order valence-electron chi connectivity index (χ3n) is 3.21. The SMILES string of the molecule is CC1(O)CC(CO)(CF)OC1n1ccc(=O)[nH]c1=O. The zero-order valence-corrected chi connectivity index (χ0v) is 10.3. The first-order chi connectivity index (χ1) is 8.83. The molecule has 1 aromatic heterocycles. The van der Waals surface area contributed by atoms with Gasteiger partial charge < -0.3 is 14.9 Å². The molecule has 0 amide bonds. The Morgan fingerprint density at radius 1 is 1.63 bits per heavy atom. The molecule has 1 fully saturated rings. The average molecular weight is 274 g/mol. The second kappa shape index (κ2) is 4.55. The van der Waals surface area contributed by atoms with Gasteiger partial charge >= 0.3 is 5.69 Å². The van der Waals surface area contributed by atoms with Gasteiger partial charge in [-0.05, 0) is 6.92 Å². The monoisotopic (exact) mass is 274 g/mol. The van der Waals surface area contributed by atoms with Crippen LogP contribution >= 0.6 is 0 Å². The molecule has 0 bridgehead atoms. The van der Waals surface area contributed by atoms with Gasteiger partial charge in [-0.25, -0.2) is 9.18 Å². The number of aliphatic hydroxyl groups excluding tert-OH is 1. The van der Waals surface area contributed by atoms with Crippen molar-refractivity contribution in [3.8, 4) is 0 Å². The van der Waals surface area contributed by atoms with E-state index in [4.69, 9.17) is 4.74 Å². The number of nitrogens with zero attached hydrogens (tertiary/aromatic N) is 1. The molecule has 1 aromatic rings. The number of aromatic nitrogens is 2. The van der Waals surface area contributed by atoms with Gasteiger partial charge in [-0.1, -0.05) is 0 Å². The van der Waals surface area contributed by atoms with E-state index in [9.17, 15) is 24.2 Å². The predicted molar refractivity (Wildman–Crippen MR) is 62.5 cm³/mol. The van der Waals surface area contributed by atoms with Crippen LogP contribution in [-0.2, 0) is 4.74 Å². The molecule has 1 saturated heterocycles. The summed E-state index contributed by atoms with van der Waals surface area (Å²) in [5, 5.41) is 19.5. The van der Waals surface area contributed by atoms with Gasteiger partial charge in [0.2, 0.25) is 0 Å². The number of aromatic amines is 1. The van der Waals surface area contributed by atoms with Crippen molar-refractivity contribution in [2.75, 3.05) is 13.3 Å². The van der Waals surface area contributed by atoms with Crippen molar-refractivity contribution in [1.82, 2.24) is 9.55 Å². The number of H-pyrrole nitrogens is 1. The van der Waals surface area contributed by atoms with Crippen molar-refractivity contribution in [3.05, 3.63) is 33.1 Å². The van der Waals surface area contributed by atoms with E-state index in [0.29, 0.717) is 0 Å². The number of nitrogens with one attached hydrogen (secondary N) is 1. The van der Waals surface area contributed by atoms with Crippen molar-refractivity contribution in [1.29, 1.82) is 0 Å². The molecule has 3 atom stereocenters. The molecular weight excluding hydrogens is 259 g/mol. The summed E-state index contributed by atoms with van der Waals surface area (Å²) in [5.74, 6) is 0. The maximum Gasteiger partial charge on any atom is 0.330 e. The molecule has 1 aliphatic heterocycles. The van der Waals surface area contributed by atoms with Gasteiger partial charge in [-0.3, -0.25) is 14.3 Å². The molecule has 8 heteroatoms. The summed E-state index contributed by atoms with van der Waals surface area (Å²) in [7, 11) is 0. The Bertz CT molecular complexity index is 575. The van der Waals surface area contributed by atoms with Crippen molar-refractivity contribution < 1.29 is 19.3 Å². The smallest absolute Gasteiger partial charge is 0.330 e. The lowest BCUT2D eigenvalue weighted by molar-refractivity contribution is -0.133. The van der Waals surface area contributed by atoms with E-state index in [2.05, 4.69) is 0 Å². The fourth-order valence-electron chi connectivity index (χ4n) is 2.33. The van der Waals surface area contributed by atoms with Crippen LogP contribution in [0.5, 0.6) is 0 Å². The Morgan fingerprint density at radius 3 is 2.79 bits per heavy atom. The van der Waals surface area contributed by atoms with Gasteiger partial charge in [0.25, 0.3) is 5.56 Å². The highest BCUT2D eigenvalue weighted by molar-refractivity contribution is 5.01. The van der Waals surface area contributed by atoms with Crippen LogP contribution in [0.25, 0.3) is 0 Å². The molecule has 7 nitrogen and oxygen atoms in total. The molecule has 19 heavy (non-hydrogen) atoms. The molecule has 2 rings (SSSR count). The average Bonchev–Trinajstić information content (AvgIpc) is 2.62. The molecule has 0 spiro atoms. The lowest BCUT2D eigenvalue weighted by Crippen LogP contribution is -2.40. The minimum atomic E-state index is -1.54. The Morgan fingerprint density at radius 2 is 2.32 bits per heavy atom. The lowest BCUT2D eigenvalue weighted by atomic mass is 9.92. The second-order valence-electron chi connectivity index (χ2n) is 5.00. The van der Waals surface area contributed by atoms with Crippen LogP contribution in [0.1, 0.15) is 19.6 Å². The molecule has 2 heterocycles. The first-order valence-corrected chi connectivity index (χ1v) is 5.72. The number of alkyl halides is 1. The first-order valence-electron chi connectivity index (χ1n) is 5.72. The number of halogens is 1. The van der Waals surface area contributed by atoms with Crippen molar-refractivity contribution in [3.63, 3.8) is 0 Å². The zero-order valence-electron chi connectivity index (χ0n) is 10.3. The van der Waals surface area contributed by atoms with E-state index in [0.717, 1.165) is 16.8 Å². The van der Waals surface area contributed by atoms with Gasteiger partial charge in [0, 0.05) is 18.7 Å². The van der Waals surface area contributed by atoms with Crippen molar-refractivity contribution >= 4 is 0 Å². The molecule has 0 aromatic carbocycles. The Hall–Kier alpha value is -1.51. The number of hydrogen-bond acceptors (Lipinski definition) is 5. The maximum atomic E-state index is 13.0. The van der Waals surface area contributed by atoms with Crippen molar-refractivity contribution in [2.24, 2.45) is 0 Å². The summed E-state index contributed by atoms with van der Waals surface area (Å²) in [4.78, 5) is 24.7. The van der Waals surface area contributed by atoms with E-state index in [1.54, 1.807) is 0 Å². The summed E-state index contributed by atoms with van der Waals surface area (Å²) in [6, 6.07) is 1.09. The van der Waals surface area contributed by atoms with Gasteiger partial charge in [0.05, 0.1) is 6.61 Å². The standard InChI is InChI=1S/C11H15FN2O5/c1-10(18)4-11(5-12,6-15)19-8(10)14-3-2-7(16)13-9(14)17/h2-3,8,15,18H,4-6H2,1H3,(H,13,16,17). The third-order valence-corrected chi connectivity index (χ3v) is 3.21. The molecule has 0 saturated carbocycles. The Balaban J connectivity index is 2.45. The van der Waals surface area contributed by atoms with E-state index in [1.165, 1.54) is 6.92 Å². The van der Waals surface area contributed by atoms with E-state index < -0.39 is 42.0 Å². The van der Waals surface area contributed by atoms with Gasteiger partial charge in [-0.2, -0.15) is 0 Å². The summed E-state index contributed by atoms with van der Waals surface area (Å²) in [5.41, 5.74) is -4.44. The quantitative estimate of drug-likeness (QED) is 0.649. The zero-order chi connectivity index (χ0) is 14.3. The predicted octanol–water partition coefficient (Wildman–Crippen LogP) is -1.09. The number of rotatable bonds is 3. The first kappa shape index (κ1) is 13.9. The van der Waals surface area contributed by atoms with Crippen LogP contribution in [0.4, 0.5) is 4.39 Å². The Labute approximate surface area is 107 Å². The summed E-state index contributed by atoms with van der Waals surface area (Å²) >= 11 is 0. The number of aliphatic hydroxyl groups is 2. The highest BCUT2D eigenvalue weighted by Crippen LogP contribution is 2.43. The molecule has 0 radical (unpaired) electrons. The van der Waals surface area contributed by atoms with E-state index in [1.807, 2.05) is 4.98 Å². The molecule has 106 valence electrons. The van der Waals surface area contributed by atoms with Gasteiger partial charge in [0.1, 0.15) is 17.9 Å².